The van der Waals surface area contributed by atoms with Gasteiger partial charge in [0.1, 0.15) is 11.6 Å². The number of aromatic hydroxyl groups is 1. The smallest absolute Gasteiger partial charge is 0.123 e. The van der Waals surface area contributed by atoms with Crippen molar-refractivity contribution < 1.29 is 9.50 Å². The standard InChI is InChI=1S/C24H32FN3O/c1-27-12-14-28(15-13-27)18-20-16-19(4-9-23(20)29)17-26-24(10-2-3-11-24)21-5-7-22(25)8-6-21/h4-9,16,26,29H,2-3,10-15,17-18H2,1H3. The molecule has 2 fully saturated rings. The van der Waals surface area contributed by atoms with Crippen molar-refractivity contribution in [2.24, 2.45) is 0 Å². The summed E-state index contributed by atoms with van der Waals surface area (Å²) >= 11 is 0. The third-order valence-electron chi connectivity index (χ3n) is 6.62. The van der Waals surface area contributed by atoms with Gasteiger partial charge in [-0.25, -0.2) is 4.39 Å². The maximum atomic E-state index is 13.4. The maximum Gasteiger partial charge on any atom is 0.123 e. The number of phenolic OH excluding ortho intramolecular Hbond substituents is 1. The van der Waals surface area contributed by atoms with E-state index in [-0.39, 0.29) is 11.4 Å². The summed E-state index contributed by atoms with van der Waals surface area (Å²) in [7, 11) is 2.15. The van der Waals surface area contributed by atoms with Crippen molar-refractivity contribution in [1.82, 2.24) is 15.1 Å². The van der Waals surface area contributed by atoms with Crippen LogP contribution in [0.25, 0.3) is 0 Å². The van der Waals surface area contributed by atoms with E-state index in [1.807, 2.05) is 24.3 Å². The van der Waals surface area contributed by atoms with Crippen molar-refractivity contribution in [3.8, 4) is 5.75 Å². The van der Waals surface area contributed by atoms with E-state index in [1.54, 1.807) is 12.1 Å². The van der Waals surface area contributed by atoms with Gasteiger partial charge in [-0.05, 0) is 55.3 Å². The van der Waals surface area contributed by atoms with Gasteiger partial charge in [-0.15, -0.1) is 0 Å². The predicted molar refractivity (Wildman–Crippen MR) is 114 cm³/mol. The van der Waals surface area contributed by atoms with Crippen molar-refractivity contribution >= 4 is 0 Å². The fourth-order valence-electron chi connectivity index (χ4n) is 4.71. The number of hydrogen-bond donors (Lipinski definition) is 2. The van der Waals surface area contributed by atoms with Gasteiger partial charge in [-0.2, -0.15) is 0 Å². The van der Waals surface area contributed by atoms with Crippen LogP contribution < -0.4 is 5.32 Å². The summed E-state index contributed by atoms with van der Waals surface area (Å²) in [6.07, 6.45) is 4.53. The Morgan fingerprint density at radius 3 is 2.38 bits per heavy atom. The molecule has 2 aliphatic rings. The molecule has 1 aliphatic heterocycles. The minimum absolute atomic E-state index is 0.0802. The number of rotatable bonds is 6. The van der Waals surface area contributed by atoms with Crippen molar-refractivity contribution in [3.05, 3.63) is 65.0 Å². The Hall–Kier alpha value is -1.95. The molecular formula is C24H32FN3O. The number of halogens is 1. The molecule has 0 spiro atoms. The number of phenols is 1. The quantitative estimate of drug-likeness (QED) is 0.777. The van der Waals surface area contributed by atoms with E-state index in [0.717, 1.165) is 57.7 Å². The van der Waals surface area contributed by atoms with E-state index in [9.17, 15) is 9.50 Å². The molecule has 156 valence electrons. The molecule has 2 aromatic rings. The summed E-state index contributed by atoms with van der Waals surface area (Å²) < 4.78 is 13.4. The highest BCUT2D eigenvalue weighted by Crippen LogP contribution is 2.39. The molecule has 1 aliphatic carbocycles. The number of likely N-dealkylation sites (N-methyl/N-ethyl adjacent to an activating group) is 1. The van der Waals surface area contributed by atoms with Gasteiger partial charge in [0.15, 0.2) is 0 Å². The zero-order valence-electron chi connectivity index (χ0n) is 17.3. The number of benzene rings is 2. The third kappa shape index (κ3) is 4.80. The molecule has 5 heteroatoms. The zero-order chi connectivity index (χ0) is 20.3. The molecule has 0 amide bonds. The fourth-order valence-corrected chi connectivity index (χ4v) is 4.71. The molecule has 29 heavy (non-hydrogen) atoms. The Morgan fingerprint density at radius 1 is 1.00 bits per heavy atom. The van der Waals surface area contributed by atoms with E-state index in [1.165, 1.54) is 24.0 Å². The van der Waals surface area contributed by atoms with Gasteiger partial charge in [-0.1, -0.05) is 31.0 Å². The number of hydrogen-bond acceptors (Lipinski definition) is 4. The summed E-state index contributed by atoms with van der Waals surface area (Å²) in [5.74, 6) is 0.191. The van der Waals surface area contributed by atoms with Crippen molar-refractivity contribution in [3.63, 3.8) is 0 Å². The second-order valence-corrected chi connectivity index (χ2v) is 8.69. The lowest BCUT2D eigenvalue weighted by atomic mass is 9.88. The van der Waals surface area contributed by atoms with Crippen LogP contribution in [0.4, 0.5) is 4.39 Å². The molecule has 4 nitrogen and oxygen atoms in total. The van der Waals surface area contributed by atoms with E-state index in [2.05, 4.69) is 28.2 Å². The van der Waals surface area contributed by atoms with Crippen LogP contribution in [-0.2, 0) is 18.6 Å². The van der Waals surface area contributed by atoms with Crippen LogP contribution >= 0.6 is 0 Å². The predicted octanol–water partition coefficient (Wildman–Crippen LogP) is 3.84. The van der Waals surface area contributed by atoms with Crippen LogP contribution in [0.3, 0.4) is 0 Å². The summed E-state index contributed by atoms with van der Waals surface area (Å²) in [4.78, 5) is 4.75. The normalized spacial score (nSPS) is 20.2. The molecule has 0 bridgehead atoms. The number of nitrogens with one attached hydrogen (secondary N) is 1. The second-order valence-electron chi connectivity index (χ2n) is 8.69. The minimum Gasteiger partial charge on any atom is -0.508 e. The van der Waals surface area contributed by atoms with Crippen LogP contribution in [0.5, 0.6) is 5.75 Å². The first kappa shape index (κ1) is 20.3. The first-order valence-electron chi connectivity index (χ1n) is 10.8. The molecule has 0 unspecified atom stereocenters. The molecule has 2 N–H and O–H groups in total. The Kier molecular flexibility index (Phi) is 6.18. The molecule has 0 aromatic heterocycles. The molecule has 2 aromatic carbocycles. The van der Waals surface area contributed by atoms with Crippen LogP contribution in [0, 0.1) is 5.82 Å². The van der Waals surface area contributed by atoms with Gasteiger partial charge < -0.3 is 15.3 Å². The average Bonchev–Trinajstić information content (AvgIpc) is 3.21. The average molecular weight is 398 g/mol. The summed E-state index contributed by atoms with van der Waals surface area (Å²) in [5.41, 5.74) is 3.27. The SMILES string of the molecule is CN1CCN(Cc2cc(CNC3(c4ccc(F)cc4)CCCC3)ccc2O)CC1. The zero-order valence-corrected chi connectivity index (χ0v) is 17.3. The number of nitrogens with zero attached hydrogens (tertiary/aromatic N) is 2. The Morgan fingerprint density at radius 2 is 1.69 bits per heavy atom. The molecule has 0 atom stereocenters. The molecule has 1 saturated carbocycles. The van der Waals surface area contributed by atoms with Crippen molar-refractivity contribution in [1.29, 1.82) is 0 Å². The van der Waals surface area contributed by atoms with Gasteiger partial charge in [0.25, 0.3) is 0 Å². The van der Waals surface area contributed by atoms with E-state index >= 15 is 0 Å². The monoisotopic (exact) mass is 397 g/mol. The van der Waals surface area contributed by atoms with E-state index in [0.29, 0.717) is 5.75 Å². The highest BCUT2D eigenvalue weighted by Gasteiger charge is 2.35. The maximum absolute atomic E-state index is 13.4. The van der Waals surface area contributed by atoms with Crippen molar-refractivity contribution in [2.75, 3.05) is 33.2 Å². The first-order chi connectivity index (χ1) is 14.0. The van der Waals surface area contributed by atoms with Crippen LogP contribution in [0.2, 0.25) is 0 Å². The lowest BCUT2D eigenvalue weighted by Crippen LogP contribution is -2.43. The molecule has 0 radical (unpaired) electrons. The molecule has 1 saturated heterocycles. The van der Waals surface area contributed by atoms with Crippen LogP contribution in [0.15, 0.2) is 42.5 Å². The Balaban J connectivity index is 1.45. The third-order valence-corrected chi connectivity index (χ3v) is 6.62. The van der Waals surface area contributed by atoms with Crippen LogP contribution in [-0.4, -0.2) is 48.1 Å². The van der Waals surface area contributed by atoms with E-state index in [4.69, 9.17) is 0 Å². The van der Waals surface area contributed by atoms with Gasteiger partial charge in [-0.3, -0.25) is 4.90 Å². The van der Waals surface area contributed by atoms with Gasteiger partial charge >= 0.3 is 0 Å². The van der Waals surface area contributed by atoms with Gasteiger partial charge in [0.2, 0.25) is 0 Å². The molecule has 1 heterocycles. The largest absolute Gasteiger partial charge is 0.508 e. The number of piperazine rings is 1. The topological polar surface area (TPSA) is 38.7 Å². The van der Waals surface area contributed by atoms with Crippen molar-refractivity contribution in [2.45, 2.75) is 44.3 Å². The fraction of sp³-hybridized carbons (Fsp3) is 0.500. The van der Waals surface area contributed by atoms with E-state index < -0.39 is 0 Å². The first-order valence-corrected chi connectivity index (χ1v) is 10.8. The summed E-state index contributed by atoms with van der Waals surface area (Å²) in [5, 5.41) is 14.1. The Labute approximate surface area is 173 Å². The Bertz CT molecular complexity index is 809. The lowest BCUT2D eigenvalue weighted by molar-refractivity contribution is 0.147. The van der Waals surface area contributed by atoms with Crippen LogP contribution in [0.1, 0.15) is 42.4 Å². The highest BCUT2D eigenvalue weighted by atomic mass is 19.1. The molecule has 4 rings (SSSR count). The highest BCUT2D eigenvalue weighted by molar-refractivity contribution is 5.36. The van der Waals surface area contributed by atoms with Gasteiger partial charge in [0.05, 0.1) is 0 Å². The second kappa shape index (κ2) is 8.82. The lowest BCUT2D eigenvalue weighted by Gasteiger charge is -2.33. The minimum atomic E-state index is -0.186. The summed E-state index contributed by atoms with van der Waals surface area (Å²) in [6.45, 7) is 5.74. The summed E-state index contributed by atoms with van der Waals surface area (Å²) in [6, 6.07) is 12.9. The van der Waals surface area contributed by atoms with Gasteiger partial charge in [0, 0.05) is 50.4 Å². The molecular weight excluding hydrogens is 365 g/mol.